The van der Waals surface area contributed by atoms with Crippen molar-refractivity contribution in [3.63, 3.8) is 0 Å². The van der Waals surface area contributed by atoms with Crippen LogP contribution in [-0.2, 0) is 20.9 Å². The van der Waals surface area contributed by atoms with E-state index in [1.807, 2.05) is 41.3 Å². The average molecular weight is 790 g/mol. The highest BCUT2D eigenvalue weighted by Crippen LogP contribution is 2.34. The Bertz CT molecular complexity index is 1940. The summed E-state index contributed by atoms with van der Waals surface area (Å²) in [5.41, 5.74) is 4.16. The lowest BCUT2D eigenvalue weighted by atomic mass is 9.91. The van der Waals surface area contributed by atoms with Crippen LogP contribution in [0.3, 0.4) is 0 Å². The van der Waals surface area contributed by atoms with Gasteiger partial charge in [0.05, 0.1) is 13.2 Å². The van der Waals surface area contributed by atoms with Crippen molar-refractivity contribution in [1.82, 2.24) is 30.3 Å². The van der Waals surface area contributed by atoms with E-state index in [4.69, 9.17) is 4.74 Å². The van der Waals surface area contributed by atoms with E-state index in [1.165, 1.54) is 0 Å². The highest BCUT2D eigenvalue weighted by molar-refractivity contribution is 6.05. The monoisotopic (exact) mass is 789 g/mol. The molecular formula is C45H55N7O6. The maximum atomic E-state index is 13.3. The summed E-state index contributed by atoms with van der Waals surface area (Å²) in [5.74, 6) is 0.419. The van der Waals surface area contributed by atoms with Crippen molar-refractivity contribution in [2.75, 3.05) is 63.9 Å². The van der Waals surface area contributed by atoms with Gasteiger partial charge < -0.3 is 24.8 Å². The molecule has 0 aliphatic carbocycles. The molecule has 58 heavy (non-hydrogen) atoms. The van der Waals surface area contributed by atoms with Gasteiger partial charge in [-0.1, -0.05) is 25.0 Å². The van der Waals surface area contributed by atoms with Crippen LogP contribution in [0, 0.1) is 5.92 Å². The molecule has 4 aliphatic rings. The molecular weight excluding hydrogens is 735 g/mol. The molecule has 5 heterocycles. The van der Waals surface area contributed by atoms with Crippen LogP contribution in [0.4, 0.5) is 5.69 Å². The van der Waals surface area contributed by atoms with Crippen molar-refractivity contribution >= 4 is 41.3 Å². The first-order valence-electron chi connectivity index (χ1n) is 20.9. The van der Waals surface area contributed by atoms with E-state index in [1.54, 1.807) is 35.5 Å². The number of hydrogen-bond acceptors (Lipinski definition) is 9. The van der Waals surface area contributed by atoms with Crippen LogP contribution in [0.5, 0.6) is 5.75 Å². The molecule has 0 radical (unpaired) electrons. The topological polar surface area (TPSA) is 144 Å². The van der Waals surface area contributed by atoms with Gasteiger partial charge in [0.1, 0.15) is 11.8 Å². The van der Waals surface area contributed by atoms with Gasteiger partial charge in [0.2, 0.25) is 17.7 Å². The number of piperazine rings is 1. The highest BCUT2D eigenvalue weighted by atomic mass is 16.5. The summed E-state index contributed by atoms with van der Waals surface area (Å²) in [7, 11) is 0. The van der Waals surface area contributed by atoms with Crippen molar-refractivity contribution in [2.24, 2.45) is 5.92 Å². The molecule has 3 fully saturated rings. The molecule has 3 saturated heterocycles. The number of anilines is 1. The van der Waals surface area contributed by atoms with Crippen LogP contribution in [0.15, 0.2) is 73.1 Å². The Morgan fingerprint density at radius 1 is 0.879 bits per heavy atom. The molecule has 13 nitrogen and oxygen atoms in total. The van der Waals surface area contributed by atoms with Gasteiger partial charge in [-0.2, -0.15) is 0 Å². The van der Waals surface area contributed by atoms with E-state index in [-0.39, 0.29) is 30.0 Å². The van der Waals surface area contributed by atoms with E-state index >= 15 is 0 Å². The third-order valence-electron chi connectivity index (χ3n) is 11.9. The lowest BCUT2D eigenvalue weighted by Crippen LogP contribution is -2.52. The fourth-order valence-electron chi connectivity index (χ4n) is 8.44. The van der Waals surface area contributed by atoms with Gasteiger partial charge in [-0.15, -0.1) is 0 Å². The van der Waals surface area contributed by atoms with Crippen LogP contribution in [-0.4, -0.2) is 114 Å². The highest BCUT2D eigenvalue weighted by Gasteiger charge is 2.40. The van der Waals surface area contributed by atoms with Crippen LogP contribution in [0.25, 0.3) is 6.08 Å². The summed E-state index contributed by atoms with van der Waals surface area (Å²) in [6, 6.07) is 16.7. The first-order valence-corrected chi connectivity index (χ1v) is 20.9. The largest absolute Gasteiger partial charge is 0.493 e. The Balaban J connectivity index is 0.749. The first kappa shape index (κ1) is 40.6. The number of amides is 5. The number of carbonyl (C=O) groups is 5. The minimum absolute atomic E-state index is 0.0867. The van der Waals surface area contributed by atoms with Gasteiger partial charge in [0.25, 0.3) is 11.8 Å². The number of carbonyl (C=O) groups excluding carboxylic acids is 5. The maximum Gasteiger partial charge on any atom is 0.255 e. The predicted molar refractivity (Wildman–Crippen MR) is 221 cm³/mol. The summed E-state index contributed by atoms with van der Waals surface area (Å²) < 4.78 is 6.15. The zero-order chi connectivity index (χ0) is 40.3. The summed E-state index contributed by atoms with van der Waals surface area (Å²) >= 11 is 0. The molecule has 0 bridgehead atoms. The molecule has 0 saturated carbocycles. The zero-order valence-electron chi connectivity index (χ0n) is 33.3. The van der Waals surface area contributed by atoms with Crippen LogP contribution < -0.4 is 20.3 Å². The first-order chi connectivity index (χ1) is 28.3. The lowest BCUT2D eigenvalue weighted by molar-refractivity contribution is -0.137. The van der Waals surface area contributed by atoms with Gasteiger partial charge in [-0.3, -0.25) is 39.2 Å². The number of nitrogens with zero attached hydrogens (tertiary/aromatic N) is 5. The number of fused-ring (bicyclic) bond motifs is 1. The number of unbranched alkanes of at least 4 members (excludes halogenated alkanes) is 2. The second-order valence-corrected chi connectivity index (χ2v) is 15.8. The van der Waals surface area contributed by atoms with Crippen LogP contribution >= 0.6 is 0 Å². The number of hydrogen-bond donors (Lipinski definition) is 2. The number of aromatic nitrogens is 1. The number of rotatable bonds is 16. The van der Waals surface area contributed by atoms with Crippen LogP contribution in [0.1, 0.15) is 89.6 Å². The number of nitrogens with one attached hydrogen (secondary N) is 2. The van der Waals surface area contributed by atoms with E-state index in [0.29, 0.717) is 43.3 Å². The fourth-order valence-corrected chi connectivity index (χ4v) is 8.44. The Morgan fingerprint density at radius 2 is 1.69 bits per heavy atom. The maximum absolute atomic E-state index is 13.3. The normalized spacial score (nSPS) is 19.1. The minimum Gasteiger partial charge on any atom is -0.493 e. The SMILES string of the molecule is O=C(/C=C/c1cccnc1)NCCCCC1CCN(C(=O)c2ccc(N3CCN(CCCCOc4cccc5c4CN(C4CCC(=O)NC4=O)C5=O)CC3)cc2)CC1. The number of pyridine rings is 1. The molecule has 4 aliphatic heterocycles. The Morgan fingerprint density at radius 3 is 2.45 bits per heavy atom. The van der Waals surface area contributed by atoms with Crippen molar-refractivity contribution in [3.05, 3.63) is 95.3 Å². The number of piperidine rings is 2. The van der Waals surface area contributed by atoms with E-state index < -0.39 is 11.9 Å². The molecule has 2 N–H and O–H groups in total. The second kappa shape index (κ2) is 19.7. The second-order valence-electron chi connectivity index (χ2n) is 15.8. The summed E-state index contributed by atoms with van der Waals surface area (Å²) in [5, 5.41) is 5.31. The Labute approximate surface area is 340 Å². The fraction of sp³-hybridized carbons (Fsp3) is 0.467. The molecule has 2 aromatic carbocycles. The molecule has 0 spiro atoms. The molecule has 1 unspecified atom stereocenters. The third kappa shape index (κ3) is 10.5. The van der Waals surface area contributed by atoms with E-state index in [2.05, 4.69) is 37.6 Å². The molecule has 7 rings (SSSR count). The zero-order valence-corrected chi connectivity index (χ0v) is 33.3. The summed E-state index contributed by atoms with van der Waals surface area (Å²) in [6.07, 6.45) is 14.4. The number of benzene rings is 2. The van der Waals surface area contributed by atoms with Crippen molar-refractivity contribution in [1.29, 1.82) is 0 Å². The van der Waals surface area contributed by atoms with Gasteiger partial charge in [0, 0.05) is 93.1 Å². The number of ether oxygens (including phenoxy) is 1. The Kier molecular flexibility index (Phi) is 13.8. The molecule has 1 aromatic heterocycles. The predicted octanol–water partition coefficient (Wildman–Crippen LogP) is 4.68. The van der Waals surface area contributed by atoms with E-state index in [0.717, 1.165) is 113 Å². The van der Waals surface area contributed by atoms with Gasteiger partial charge in [-0.05, 0) is 105 Å². The Hall–Kier alpha value is -5.56. The minimum atomic E-state index is -0.640. The van der Waals surface area contributed by atoms with E-state index in [9.17, 15) is 24.0 Å². The smallest absolute Gasteiger partial charge is 0.255 e. The van der Waals surface area contributed by atoms with Crippen molar-refractivity contribution in [2.45, 2.75) is 70.4 Å². The quantitative estimate of drug-likeness (QED) is 0.120. The third-order valence-corrected chi connectivity index (χ3v) is 11.9. The number of likely N-dealkylation sites (tertiary alicyclic amines) is 1. The molecule has 3 aromatic rings. The van der Waals surface area contributed by atoms with Gasteiger partial charge in [0.15, 0.2) is 0 Å². The molecule has 13 heteroatoms. The summed E-state index contributed by atoms with van der Waals surface area (Å²) in [4.78, 5) is 75.0. The molecule has 1 atom stereocenters. The van der Waals surface area contributed by atoms with Gasteiger partial charge >= 0.3 is 0 Å². The number of imide groups is 1. The standard InChI is InChI=1S/C45H55N7O6/c53-41(17-11-34-8-6-21-46-31-34)47-22-2-1-7-33-19-24-51(25-20-33)44(56)35-12-14-36(15-13-35)50-28-26-49(27-29-50)23-3-4-30-58-40-10-5-9-37-38(40)32-52(45(37)57)39-16-18-42(54)48-43(39)55/h5-6,8-15,17,21,31,33,39H,1-4,7,16,18-20,22-30,32H2,(H,47,53)(H,48,54,55)/b17-11+. The van der Waals surface area contributed by atoms with Crippen molar-refractivity contribution in [3.8, 4) is 5.75 Å². The van der Waals surface area contributed by atoms with Gasteiger partial charge in [-0.25, -0.2) is 0 Å². The molecule has 5 amide bonds. The summed E-state index contributed by atoms with van der Waals surface area (Å²) in [6.45, 7) is 7.88. The molecule has 306 valence electrons. The average Bonchev–Trinajstić information content (AvgIpc) is 3.59. The van der Waals surface area contributed by atoms with Crippen molar-refractivity contribution < 1.29 is 28.7 Å². The van der Waals surface area contributed by atoms with Crippen LogP contribution in [0.2, 0.25) is 0 Å². The lowest BCUT2D eigenvalue weighted by Gasteiger charge is -2.36.